The molecule has 1 N–H and O–H groups in total. The number of hydrogen-bond donors (Lipinski definition) is 1. The third-order valence-corrected chi connectivity index (χ3v) is 3.53. The zero-order valence-corrected chi connectivity index (χ0v) is 11.9. The van der Waals surface area contributed by atoms with Crippen LogP contribution in [0.15, 0.2) is 36.8 Å². The third-order valence-electron chi connectivity index (χ3n) is 3.53. The molecule has 2 aromatic heterocycles. The molecule has 5 heteroatoms. The molecule has 0 bridgehead atoms. The van der Waals surface area contributed by atoms with Crippen molar-refractivity contribution < 1.29 is 0 Å². The molecule has 0 aliphatic heterocycles. The minimum absolute atomic E-state index is 0.750. The van der Waals surface area contributed by atoms with Gasteiger partial charge in [-0.05, 0) is 37.1 Å². The summed E-state index contributed by atoms with van der Waals surface area (Å²) >= 11 is 0. The van der Waals surface area contributed by atoms with E-state index in [1.54, 1.807) is 6.33 Å². The van der Waals surface area contributed by atoms with E-state index in [2.05, 4.69) is 57.4 Å². The van der Waals surface area contributed by atoms with Crippen molar-refractivity contribution in [3.63, 3.8) is 0 Å². The second-order valence-electron chi connectivity index (χ2n) is 4.86. The lowest BCUT2D eigenvalue weighted by atomic mass is 10.1. The van der Waals surface area contributed by atoms with Gasteiger partial charge in [0.05, 0.1) is 6.54 Å². The Labute approximate surface area is 118 Å². The molecule has 0 radical (unpaired) electrons. The standard InChI is InChI=1S/C15H19N5/c1-3-20-15(17-11-18-20)10-19-7-6-13-5-4-12(9-16-2)8-14(13)19/h4-8,11,16H,3,9-10H2,1-2H3. The highest BCUT2D eigenvalue weighted by atomic mass is 15.3. The van der Waals surface area contributed by atoms with Gasteiger partial charge >= 0.3 is 0 Å². The van der Waals surface area contributed by atoms with Gasteiger partial charge in [0, 0.05) is 24.8 Å². The maximum Gasteiger partial charge on any atom is 0.146 e. The number of hydrogen-bond acceptors (Lipinski definition) is 3. The number of benzene rings is 1. The van der Waals surface area contributed by atoms with E-state index in [4.69, 9.17) is 0 Å². The van der Waals surface area contributed by atoms with Gasteiger partial charge in [-0.2, -0.15) is 5.10 Å². The van der Waals surface area contributed by atoms with Gasteiger partial charge in [0.25, 0.3) is 0 Å². The lowest BCUT2D eigenvalue weighted by Crippen LogP contribution is -2.09. The molecule has 104 valence electrons. The van der Waals surface area contributed by atoms with Crippen molar-refractivity contribution in [1.82, 2.24) is 24.6 Å². The zero-order chi connectivity index (χ0) is 13.9. The molecule has 0 fully saturated rings. The van der Waals surface area contributed by atoms with Crippen LogP contribution in [0.3, 0.4) is 0 Å². The lowest BCUT2D eigenvalue weighted by molar-refractivity contribution is 0.597. The van der Waals surface area contributed by atoms with Crippen LogP contribution < -0.4 is 5.32 Å². The second kappa shape index (κ2) is 5.46. The molecule has 0 saturated carbocycles. The summed E-state index contributed by atoms with van der Waals surface area (Å²) in [6, 6.07) is 8.71. The number of nitrogens with zero attached hydrogens (tertiary/aromatic N) is 4. The molecular weight excluding hydrogens is 250 g/mol. The van der Waals surface area contributed by atoms with E-state index in [1.165, 1.54) is 16.5 Å². The van der Waals surface area contributed by atoms with Crippen LogP contribution >= 0.6 is 0 Å². The average molecular weight is 269 g/mol. The Balaban J connectivity index is 1.96. The summed E-state index contributed by atoms with van der Waals surface area (Å²) in [5, 5.41) is 8.67. The predicted molar refractivity (Wildman–Crippen MR) is 79.5 cm³/mol. The highest BCUT2D eigenvalue weighted by Crippen LogP contribution is 2.18. The molecule has 0 spiro atoms. The number of fused-ring (bicyclic) bond motifs is 1. The average Bonchev–Trinajstić information content (AvgIpc) is 3.07. The first kappa shape index (κ1) is 12.9. The first-order valence-corrected chi connectivity index (χ1v) is 6.91. The summed E-state index contributed by atoms with van der Waals surface area (Å²) in [5.41, 5.74) is 2.53. The van der Waals surface area contributed by atoms with Gasteiger partial charge in [-0.3, -0.25) is 0 Å². The van der Waals surface area contributed by atoms with Crippen molar-refractivity contribution in [3.05, 3.63) is 48.2 Å². The maximum absolute atomic E-state index is 4.35. The molecule has 5 nitrogen and oxygen atoms in total. The molecule has 0 atom stereocenters. The van der Waals surface area contributed by atoms with Gasteiger partial charge in [-0.1, -0.05) is 12.1 Å². The zero-order valence-electron chi connectivity index (χ0n) is 11.9. The van der Waals surface area contributed by atoms with Gasteiger partial charge in [0.15, 0.2) is 0 Å². The van der Waals surface area contributed by atoms with E-state index in [0.29, 0.717) is 0 Å². The summed E-state index contributed by atoms with van der Waals surface area (Å²) in [6.07, 6.45) is 3.74. The van der Waals surface area contributed by atoms with Gasteiger partial charge in [-0.25, -0.2) is 9.67 Å². The van der Waals surface area contributed by atoms with Crippen molar-refractivity contribution in [1.29, 1.82) is 0 Å². The molecule has 0 saturated heterocycles. The third kappa shape index (κ3) is 2.32. The lowest BCUT2D eigenvalue weighted by Gasteiger charge is -2.07. The topological polar surface area (TPSA) is 47.7 Å². The Morgan fingerprint density at radius 2 is 2.15 bits per heavy atom. The fraction of sp³-hybridized carbons (Fsp3) is 0.333. The minimum atomic E-state index is 0.750. The molecule has 20 heavy (non-hydrogen) atoms. The van der Waals surface area contributed by atoms with E-state index in [-0.39, 0.29) is 0 Å². The molecule has 2 heterocycles. The first-order valence-electron chi connectivity index (χ1n) is 6.91. The monoisotopic (exact) mass is 269 g/mol. The maximum atomic E-state index is 4.35. The molecule has 0 amide bonds. The molecule has 0 aliphatic carbocycles. The smallest absolute Gasteiger partial charge is 0.146 e. The Hall–Kier alpha value is -2.14. The van der Waals surface area contributed by atoms with Crippen LogP contribution in [0.5, 0.6) is 0 Å². The molecular formula is C15H19N5. The van der Waals surface area contributed by atoms with Crippen LogP contribution in [0.4, 0.5) is 0 Å². The number of rotatable bonds is 5. The molecule has 0 aliphatic rings. The molecule has 1 aromatic carbocycles. The first-order chi connectivity index (χ1) is 9.81. The summed E-state index contributed by atoms with van der Waals surface area (Å²) in [6.45, 7) is 4.56. The molecule has 0 unspecified atom stereocenters. The van der Waals surface area contributed by atoms with Gasteiger partial charge in [0.2, 0.25) is 0 Å². The summed E-state index contributed by atoms with van der Waals surface area (Å²) in [4.78, 5) is 4.35. The van der Waals surface area contributed by atoms with Crippen molar-refractivity contribution >= 4 is 10.9 Å². The minimum Gasteiger partial charge on any atom is -0.340 e. The van der Waals surface area contributed by atoms with Crippen LogP contribution in [0, 0.1) is 0 Å². The summed E-state index contributed by atoms with van der Waals surface area (Å²) in [5.74, 6) is 0.990. The molecule has 3 aromatic rings. The number of aryl methyl sites for hydroxylation is 1. The van der Waals surface area contributed by atoms with Crippen LogP contribution in [0.25, 0.3) is 10.9 Å². The Kier molecular flexibility index (Phi) is 3.52. The van der Waals surface area contributed by atoms with Crippen molar-refractivity contribution in [2.75, 3.05) is 7.05 Å². The van der Waals surface area contributed by atoms with Crippen molar-refractivity contribution in [3.8, 4) is 0 Å². The van der Waals surface area contributed by atoms with Crippen LogP contribution in [0.2, 0.25) is 0 Å². The number of aromatic nitrogens is 4. The number of nitrogens with one attached hydrogen (secondary N) is 1. The van der Waals surface area contributed by atoms with Gasteiger partial charge < -0.3 is 9.88 Å². The summed E-state index contributed by atoms with van der Waals surface area (Å²) in [7, 11) is 1.97. The summed E-state index contributed by atoms with van der Waals surface area (Å²) < 4.78 is 4.16. The molecule has 3 rings (SSSR count). The largest absolute Gasteiger partial charge is 0.340 e. The predicted octanol–water partition coefficient (Wildman–Crippen LogP) is 2.02. The normalized spacial score (nSPS) is 11.3. The second-order valence-corrected chi connectivity index (χ2v) is 4.86. The fourth-order valence-electron chi connectivity index (χ4n) is 2.51. The van der Waals surface area contributed by atoms with E-state index in [9.17, 15) is 0 Å². The van der Waals surface area contributed by atoms with Crippen molar-refractivity contribution in [2.45, 2.75) is 26.6 Å². The van der Waals surface area contributed by atoms with Crippen LogP contribution in [0.1, 0.15) is 18.3 Å². The van der Waals surface area contributed by atoms with Gasteiger partial charge in [-0.15, -0.1) is 0 Å². The Morgan fingerprint density at radius 1 is 1.25 bits per heavy atom. The quantitative estimate of drug-likeness (QED) is 0.771. The van der Waals surface area contributed by atoms with E-state index < -0.39 is 0 Å². The van der Waals surface area contributed by atoms with E-state index in [1.807, 2.05) is 11.7 Å². The van der Waals surface area contributed by atoms with Crippen molar-refractivity contribution in [2.24, 2.45) is 0 Å². The highest BCUT2D eigenvalue weighted by molar-refractivity contribution is 5.80. The highest BCUT2D eigenvalue weighted by Gasteiger charge is 2.07. The Morgan fingerprint density at radius 3 is 2.95 bits per heavy atom. The van der Waals surface area contributed by atoms with E-state index >= 15 is 0 Å². The fourth-order valence-corrected chi connectivity index (χ4v) is 2.51. The SMILES string of the molecule is CCn1ncnc1Cn1ccc2ccc(CNC)cc21. The van der Waals surface area contributed by atoms with Crippen LogP contribution in [-0.2, 0) is 19.6 Å². The van der Waals surface area contributed by atoms with Gasteiger partial charge in [0.1, 0.15) is 12.2 Å². The van der Waals surface area contributed by atoms with Crippen LogP contribution in [-0.4, -0.2) is 26.4 Å². The Bertz CT molecular complexity index is 710. The van der Waals surface area contributed by atoms with E-state index in [0.717, 1.165) is 25.5 Å².